The number of hydrogen-bond acceptors (Lipinski definition) is 5. The standard InChI is InChI=1S/C28H27F2N5O/c1-4-20-23(29)10-6-16-11-19(36)12-21(24(16)20)26-25(30)27-22(13-32-26)28(33-35(27)18-8-9-18)34-14-17(31-3)7-5-15(34)2/h1,6,10-13,15,17-18,31,36H,5,7-9,14H2,2-3H3. The highest BCUT2D eigenvalue weighted by atomic mass is 19.1. The lowest BCUT2D eigenvalue weighted by atomic mass is 9.95. The summed E-state index contributed by atoms with van der Waals surface area (Å²) in [7, 11) is 1.96. The quantitative estimate of drug-likeness (QED) is 0.391. The number of terminal acetylenes is 1. The molecule has 6 nitrogen and oxygen atoms in total. The lowest BCUT2D eigenvalue weighted by Gasteiger charge is -2.38. The van der Waals surface area contributed by atoms with Crippen LogP contribution >= 0.6 is 0 Å². The molecule has 1 aliphatic carbocycles. The number of pyridine rings is 1. The minimum atomic E-state index is -0.582. The second kappa shape index (κ2) is 8.45. The van der Waals surface area contributed by atoms with E-state index in [9.17, 15) is 9.50 Å². The number of piperidine rings is 1. The number of hydrogen-bond donors (Lipinski definition) is 2. The fourth-order valence-electron chi connectivity index (χ4n) is 5.44. The van der Waals surface area contributed by atoms with Crippen LogP contribution in [0.1, 0.15) is 44.2 Å². The number of anilines is 1. The van der Waals surface area contributed by atoms with Crippen molar-refractivity contribution >= 4 is 27.5 Å². The van der Waals surface area contributed by atoms with Gasteiger partial charge in [0.25, 0.3) is 0 Å². The number of fused-ring (bicyclic) bond motifs is 2. The monoisotopic (exact) mass is 487 g/mol. The van der Waals surface area contributed by atoms with Gasteiger partial charge in [0.15, 0.2) is 11.6 Å². The van der Waals surface area contributed by atoms with Gasteiger partial charge in [-0.15, -0.1) is 6.42 Å². The molecule has 0 amide bonds. The summed E-state index contributed by atoms with van der Waals surface area (Å²) in [6, 6.07) is 6.37. The van der Waals surface area contributed by atoms with E-state index in [2.05, 4.69) is 28.0 Å². The average Bonchev–Trinajstić information content (AvgIpc) is 3.65. The van der Waals surface area contributed by atoms with Crippen LogP contribution in [0, 0.1) is 24.0 Å². The number of rotatable bonds is 4. The average molecular weight is 488 g/mol. The summed E-state index contributed by atoms with van der Waals surface area (Å²) in [5.41, 5.74) is 0.661. The Balaban J connectivity index is 1.60. The molecule has 1 saturated carbocycles. The first-order chi connectivity index (χ1) is 17.4. The summed E-state index contributed by atoms with van der Waals surface area (Å²) in [4.78, 5) is 6.75. The van der Waals surface area contributed by atoms with E-state index in [0.717, 1.165) is 38.0 Å². The van der Waals surface area contributed by atoms with E-state index >= 15 is 4.39 Å². The van der Waals surface area contributed by atoms with Crippen LogP contribution < -0.4 is 10.2 Å². The van der Waals surface area contributed by atoms with E-state index < -0.39 is 11.6 Å². The van der Waals surface area contributed by atoms with Gasteiger partial charge in [0.1, 0.15) is 22.8 Å². The number of aromatic hydroxyl groups is 1. The minimum Gasteiger partial charge on any atom is -0.508 e. The maximum atomic E-state index is 16.4. The zero-order valence-corrected chi connectivity index (χ0v) is 20.2. The van der Waals surface area contributed by atoms with E-state index in [0.29, 0.717) is 27.7 Å². The lowest BCUT2D eigenvalue weighted by Crippen LogP contribution is -2.49. The molecule has 1 saturated heterocycles. The predicted octanol–water partition coefficient (Wildman–Crippen LogP) is 5.13. The van der Waals surface area contributed by atoms with Crippen molar-refractivity contribution in [3.05, 3.63) is 47.7 Å². The van der Waals surface area contributed by atoms with Gasteiger partial charge in [-0.2, -0.15) is 5.10 Å². The summed E-state index contributed by atoms with van der Waals surface area (Å²) in [5.74, 6) is 1.91. The van der Waals surface area contributed by atoms with E-state index in [-0.39, 0.29) is 34.7 Å². The third-order valence-electron chi connectivity index (χ3n) is 7.57. The molecule has 2 aliphatic rings. The number of nitrogens with zero attached hydrogens (tertiary/aromatic N) is 4. The molecule has 1 aliphatic heterocycles. The van der Waals surface area contributed by atoms with Crippen LogP contribution in [0.15, 0.2) is 30.5 Å². The van der Waals surface area contributed by atoms with Crippen LogP contribution in [-0.2, 0) is 0 Å². The Hall–Kier alpha value is -3.70. The highest BCUT2D eigenvalue weighted by Crippen LogP contribution is 2.43. The normalized spacial score (nSPS) is 20.2. The molecule has 0 bridgehead atoms. The molecule has 2 atom stereocenters. The summed E-state index contributed by atoms with van der Waals surface area (Å²) < 4.78 is 32.8. The van der Waals surface area contributed by atoms with Crippen molar-refractivity contribution in [1.29, 1.82) is 0 Å². The van der Waals surface area contributed by atoms with Crippen molar-refractivity contribution in [2.75, 3.05) is 18.5 Å². The van der Waals surface area contributed by atoms with Crippen LogP contribution in [0.25, 0.3) is 32.9 Å². The molecule has 6 rings (SSSR count). The Morgan fingerprint density at radius 3 is 2.69 bits per heavy atom. The molecule has 4 aromatic rings. The Bertz CT molecular complexity index is 1550. The molecule has 184 valence electrons. The fourth-order valence-corrected chi connectivity index (χ4v) is 5.44. The highest BCUT2D eigenvalue weighted by molar-refractivity contribution is 6.03. The predicted molar refractivity (Wildman–Crippen MR) is 137 cm³/mol. The number of nitrogens with one attached hydrogen (secondary N) is 1. The molecular weight excluding hydrogens is 460 g/mol. The van der Waals surface area contributed by atoms with Gasteiger partial charge in [-0.3, -0.25) is 9.67 Å². The van der Waals surface area contributed by atoms with Crippen molar-refractivity contribution in [1.82, 2.24) is 20.1 Å². The van der Waals surface area contributed by atoms with Gasteiger partial charge < -0.3 is 15.3 Å². The summed E-state index contributed by atoms with van der Waals surface area (Å²) >= 11 is 0. The van der Waals surface area contributed by atoms with Crippen molar-refractivity contribution in [2.45, 2.75) is 50.7 Å². The maximum Gasteiger partial charge on any atom is 0.175 e. The van der Waals surface area contributed by atoms with Gasteiger partial charge in [-0.1, -0.05) is 12.0 Å². The van der Waals surface area contributed by atoms with Crippen molar-refractivity contribution < 1.29 is 13.9 Å². The van der Waals surface area contributed by atoms with Crippen LogP contribution in [0.3, 0.4) is 0 Å². The summed E-state index contributed by atoms with van der Waals surface area (Å²) in [5, 5.41) is 20.2. The van der Waals surface area contributed by atoms with Gasteiger partial charge in [0.05, 0.1) is 17.0 Å². The Kier molecular flexibility index (Phi) is 5.34. The van der Waals surface area contributed by atoms with Gasteiger partial charge in [0.2, 0.25) is 0 Å². The number of halogens is 2. The topological polar surface area (TPSA) is 66.2 Å². The van der Waals surface area contributed by atoms with Gasteiger partial charge in [-0.05, 0) is 63.2 Å². The van der Waals surface area contributed by atoms with E-state index in [1.807, 2.05) is 7.05 Å². The summed E-state index contributed by atoms with van der Waals surface area (Å²) in [6.07, 6.45) is 11.2. The number of benzene rings is 2. The van der Waals surface area contributed by atoms with Crippen LogP contribution in [-0.4, -0.2) is 45.5 Å². The second-order valence-corrected chi connectivity index (χ2v) is 9.90. The molecule has 2 aromatic heterocycles. The number of likely N-dealkylation sites (N-methyl/N-ethyl adjacent to an activating group) is 1. The third-order valence-corrected chi connectivity index (χ3v) is 7.57. The zero-order valence-electron chi connectivity index (χ0n) is 20.2. The van der Waals surface area contributed by atoms with Crippen molar-refractivity contribution in [3.63, 3.8) is 0 Å². The van der Waals surface area contributed by atoms with Crippen LogP contribution in [0.5, 0.6) is 5.75 Å². The molecule has 3 heterocycles. The Morgan fingerprint density at radius 1 is 1.17 bits per heavy atom. The summed E-state index contributed by atoms with van der Waals surface area (Å²) in [6.45, 7) is 2.95. The Labute approximate surface area is 207 Å². The van der Waals surface area contributed by atoms with Crippen molar-refractivity contribution in [2.24, 2.45) is 0 Å². The maximum absolute atomic E-state index is 16.4. The number of phenols is 1. The van der Waals surface area contributed by atoms with Crippen molar-refractivity contribution in [3.8, 4) is 29.4 Å². The SMILES string of the molecule is C#Cc1c(F)ccc2cc(O)cc(-c3ncc4c(N5CC(NC)CCC5C)nn(C5CC5)c4c3F)c12. The molecule has 2 fully saturated rings. The molecule has 0 radical (unpaired) electrons. The van der Waals surface area contributed by atoms with Crippen LogP contribution in [0.4, 0.5) is 14.6 Å². The number of phenolic OH excluding ortho intramolecular Hbond substituents is 1. The first-order valence-corrected chi connectivity index (χ1v) is 12.3. The first kappa shape index (κ1) is 22.7. The largest absolute Gasteiger partial charge is 0.508 e. The number of aromatic nitrogens is 3. The molecular formula is C28H27F2N5O. The molecule has 2 N–H and O–H groups in total. The highest BCUT2D eigenvalue weighted by Gasteiger charge is 2.34. The molecule has 2 aromatic carbocycles. The Morgan fingerprint density at radius 2 is 1.97 bits per heavy atom. The molecule has 0 spiro atoms. The van der Waals surface area contributed by atoms with Gasteiger partial charge in [0, 0.05) is 35.8 Å². The minimum absolute atomic E-state index is 0.0126. The van der Waals surface area contributed by atoms with Crippen LogP contribution in [0.2, 0.25) is 0 Å². The molecule has 8 heteroatoms. The van der Waals surface area contributed by atoms with E-state index in [1.54, 1.807) is 10.9 Å². The zero-order chi connectivity index (χ0) is 25.1. The van der Waals surface area contributed by atoms with Gasteiger partial charge >= 0.3 is 0 Å². The molecule has 2 unspecified atom stereocenters. The fraction of sp³-hybridized carbons (Fsp3) is 0.357. The third kappa shape index (κ3) is 3.49. The lowest BCUT2D eigenvalue weighted by molar-refractivity contribution is 0.395. The molecule has 36 heavy (non-hydrogen) atoms. The second-order valence-electron chi connectivity index (χ2n) is 9.90. The first-order valence-electron chi connectivity index (χ1n) is 12.3. The van der Waals surface area contributed by atoms with E-state index in [4.69, 9.17) is 11.5 Å². The van der Waals surface area contributed by atoms with Gasteiger partial charge in [-0.25, -0.2) is 8.78 Å². The van der Waals surface area contributed by atoms with E-state index in [1.165, 1.54) is 24.3 Å². The smallest absolute Gasteiger partial charge is 0.175 e.